The first-order valence-corrected chi connectivity index (χ1v) is 7.16. The zero-order chi connectivity index (χ0) is 15.6. The smallest absolute Gasteiger partial charge is 0.138 e. The fourth-order valence-corrected chi connectivity index (χ4v) is 2.62. The normalized spacial score (nSPS) is 10.5. The standard InChI is InChI=1S/C17H19FN2S/c1-11-7-8-15(12(2)9-11)20(3)10-13-5-4-6-14(16(13)18)17(19)21/h4-9H,10H2,1-3H3,(H2,19,21). The molecule has 0 amide bonds. The molecule has 0 aliphatic heterocycles. The molecule has 0 radical (unpaired) electrons. The molecular weight excluding hydrogens is 283 g/mol. The second kappa shape index (κ2) is 6.22. The van der Waals surface area contributed by atoms with Crippen molar-refractivity contribution in [3.05, 3.63) is 64.5 Å². The van der Waals surface area contributed by atoms with E-state index in [1.807, 2.05) is 11.9 Å². The number of nitrogens with two attached hydrogens (primary N) is 1. The molecule has 4 heteroatoms. The van der Waals surface area contributed by atoms with Gasteiger partial charge in [-0.25, -0.2) is 4.39 Å². The summed E-state index contributed by atoms with van der Waals surface area (Å²) in [5.41, 5.74) is 9.90. The number of thiocarbonyl (C=S) groups is 1. The van der Waals surface area contributed by atoms with Crippen molar-refractivity contribution < 1.29 is 4.39 Å². The summed E-state index contributed by atoms with van der Waals surface area (Å²) in [6.45, 7) is 4.58. The van der Waals surface area contributed by atoms with E-state index in [-0.39, 0.29) is 10.8 Å². The highest BCUT2D eigenvalue weighted by Crippen LogP contribution is 2.23. The van der Waals surface area contributed by atoms with Crippen molar-refractivity contribution in [2.45, 2.75) is 20.4 Å². The fraction of sp³-hybridized carbons (Fsp3) is 0.235. The summed E-state index contributed by atoms with van der Waals surface area (Å²) in [5, 5.41) is 0. The second-order valence-electron chi connectivity index (χ2n) is 5.29. The predicted molar refractivity (Wildman–Crippen MR) is 90.3 cm³/mol. The van der Waals surface area contributed by atoms with Crippen molar-refractivity contribution in [1.29, 1.82) is 0 Å². The lowest BCUT2D eigenvalue weighted by atomic mass is 10.1. The van der Waals surface area contributed by atoms with Gasteiger partial charge in [-0.15, -0.1) is 0 Å². The molecule has 0 bridgehead atoms. The van der Waals surface area contributed by atoms with Crippen molar-refractivity contribution in [1.82, 2.24) is 0 Å². The van der Waals surface area contributed by atoms with E-state index in [9.17, 15) is 4.39 Å². The highest BCUT2D eigenvalue weighted by atomic mass is 32.1. The quantitative estimate of drug-likeness (QED) is 0.873. The molecule has 0 heterocycles. The van der Waals surface area contributed by atoms with Crippen LogP contribution in [0.2, 0.25) is 0 Å². The third kappa shape index (κ3) is 3.39. The van der Waals surface area contributed by atoms with E-state index in [1.54, 1.807) is 18.2 Å². The van der Waals surface area contributed by atoms with Crippen molar-refractivity contribution in [3.63, 3.8) is 0 Å². The minimum Gasteiger partial charge on any atom is -0.389 e. The van der Waals surface area contributed by atoms with Gasteiger partial charge in [-0.2, -0.15) is 0 Å². The first kappa shape index (κ1) is 15.4. The van der Waals surface area contributed by atoms with Crippen LogP contribution in [-0.2, 0) is 6.54 Å². The molecule has 0 aromatic heterocycles. The lowest BCUT2D eigenvalue weighted by molar-refractivity contribution is 0.605. The highest BCUT2D eigenvalue weighted by Gasteiger charge is 2.13. The zero-order valence-electron chi connectivity index (χ0n) is 12.5. The number of nitrogens with zero attached hydrogens (tertiary/aromatic N) is 1. The number of hydrogen-bond acceptors (Lipinski definition) is 2. The van der Waals surface area contributed by atoms with Gasteiger partial charge in [-0.05, 0) is 31.5 Å². The molecule has 2 rings (SSSR count). The van der Waals surface area contributed by atoms with Gasteiger partial charge in [0.2, 0.25) is 0 Å². The Morgan fingerprint density at radius 2 is 1.95 bits per heavy atom. The third-order valence-corrected chi connectivity index (χ3v) is 3.74. The summed E-state index contributed by atoms with van der Waals surface area (Å²) in [7, 11) is 1.95. The molecule has 110 valence electrons. The summed E-state index contributed by atoms with van der Waals surface area (Å²) in [6.07, 6.45) is 0. The second-order valence-corrected chi connectivity index (χ2v) is 5.73. The molecule has 2 N–H and O–H groups in total. The molecule has 0 aliphatic rings. The minimum atomic E-state index is -0.332. The molecule has 2 nitrogen and oxygen atoms in total. The minimum absolute atomic E-state index is 0.0866. The van der Waals surface area contributed by atoms with Gasteiger partial charge in [0.1, 0.15) is 10.8 Å². The Kier molecular flexibility index (Phi) is 4.58. The first-order chi connectivity index (χ1) is 9.90. The van der Waals surface area contributed by atoms with Gasteiger partial charge < -0.3 is 10.6 Å². The number of benzene rings is 2. The third-order valence-electron chi connectivity index (χ3n) is 3.52. The molecule has 0 atom stereocenters. The molecule has 0 unspecified atom stereocenters. The van der Waals surface area contributed by atoms with Crippen molar-refractivity contribution in [3.8, 4) is 0 Å². The molecule has 0 spiro atoms. The SMILES string of the molecule is Cc1ccc(N(C)Cc2cccc(C(N)=S)c2F)c(C)c1. The Morgan fingerprint density at radius 1 is 1.24 bits per heavy atom. The monoisotopic (exact) mass is 302 g/mol. The van der Waals surface area contributed by atoms with Crippen molar-refractivity contribution in [2.75, 3.05) is 11.9 Å². The van der Waals surface area contributed by atoms with Gasteiger partial charge in [0.05, 0.1) is 0 Å². The van der Waals surface area contributed by atoms with Gasteiger partial charge >= 0.3 is 0 Å². The first-order valence-electron chi connectivity index (χ1n) is 6.75. The Morgan fingerprint density at radius 3 is 2.57 bits per heavy atom. The van der Waals surface area contributed by atoms with Crippen LogP contribution in [0.15, 0.2) is 36.4 Å². The Labute approximate surface area is 130 Å². The predicted octanol–water partition coefficient (Wildman–Crippen LogP) is 3.71. The van der Waals surface area contributed by atoms with Crippen LogP contribution in [0.3, 0.4) is 0 Å². The summed E-state index contributed by atoms with van der Waals surface area (Å²) in [4.78, 5) is 2.11. The summed E-state index contributed by atoms with van der Waals surface area (Å²) < 4.78 is 14.4. The van der Waals surface area contributed by atoms with E-state index in [4.69, 9.17) is 18.0 Å². The summed E-state index contributed by atoms with van der Waals surface area (Å²) in [5.74, 6) is -0.332. The van der Waals surface area contributed by atoms with E-state index in [0.717, 1.165) is 5.69 Å². The maximum absolute atomic E-state index is 14.4. The van der Waals surface area contributed by atoms with Crippen LogP contribution in [0, 0.1) is 19.7 Å². The lowest BCUT2D eigenvalue weighted by Gasteiger charge is -2.22. The number of aryl methyl sites for hydroxylation is 2. The number of anilines is 1. The maximum atomic E-state index is 14.4. The molecule has 0 saturated carbocycles. The van der Waals surface area contributed by atoms with Crippen molar-refractivity contribution in [2.24, 2.45) is 5.73 Å². The largest absolute Gasteiger partial charge is 0.389 e. The van der Waals surface area contributed by atoms with E-state index < -0.39 is 0 Å². The summed E-state index contributed by atoms with van der Waals surface area (Å²) in [6, 6.07) is 11.4. The van der Waals surface area contributed by atoms with Crippen LogP contribution in [0.1, 0.15) is 22.3 Å². The van der Waals surface area contributed by atoms with E-state index in [1.165, 1.54) is 11.1 Å². The Hall–Kier alpha value is -1.94. The van der Waals surface area contributed by atoms with Crippen LogP contribution in [0.4, 0.5) is 10.1 Å². The van der Waals surface area contributed by atoms with Crippen LogP contribution in [0.25, 0.3) is 0 Å². The molecule has 21 heavy (non-hydrogen) atoms. The van der Waals surface area contributed by atoms with Gasteiger partial charge in [0, 0.05) is 30.4 Å². The maximum Gasteiger partial charge on any atom is 0.138 e. The van der Waals surface area contributed by atoms with Crippen LogP contribution in [-0.4, -0.2) is 12.0 Å². The van der Waals surface area contributed by atoms with E-state index in [0.29, 0.717) is 17.7 Å². The molecule has 0 saturated heterocycles. The highest BCUT2D eigenvalue weighted by molar-refractivity contribution is 7.80. The van der Waals surface area contributed by atoms with Gasteiger partial charge in [0.25, 0.3) is 0 Å². The Balaban J connectivity index is 2.29. The molecule has 0 fully saturated rings. The van der Waals surface area contributed by atoms with Crippen LogP contribution < -0.4 is 10.6 Å². The van der Waals surface area contributed by atoms with Crippen LogP contribution >= 0.6 is 12.2 Å². The van der Waals surface area contributed by atoms with E-state index >= 15 is 0 Å². The number of halogens is 1. The lowest BCUT2D eigenvalue weighted by Crippen LogP contribution is -2.20. The van der Waals surface area contributed by atoms with Crippen LogP contribution in [0.5, 0.6) is 0 Å². The van der Waals surface area contributed by atoms with Gasteiger partial charge in [0.15, 0.2) is 0 Å². The molecule has 2 aromatic rings. The molecule has 0 aliphatic carbocycles. The summed E-state index contributed by atoms with van der Waals surface area (Å²) >= 11 is 4.88. The average molecular weight is 302 g/mol. The average Bonchev–Trinajstić information content (AvgIpc) is 2.40. The topological polar surface area (TPSA) is 29.3 Å². The van der Waals surface area contributed by atoms with Crippen molar-refractivity contribution >= 4 is 22.9 Å². The van der Waals surface area contributed by atoms with E-state index in [2.05, 4.69) is 32.0 Å². The van der Waals surface area contributed by atoms with Gasteiger partial charge in [-0.3, -0.25) is 0 Å². The number of hydrogen-bond donors (Lipinski definition) is 1. The Bertz CT molecular complexity index is 682. The fourth-order valence-electron chi connectivity index (χ4n) is 2.47. The number of rotatable bonds is 4. The zero-order valence-corrected chi connectivity index (χ0v) is 13.3. The molecule has 2 aromatic carbocycles. The molecular formula is C17H19FN2S. The van der Waals surface area contributed by atoms with Gasteiger partial charge in [-0.1, -0.05) is 42.0 Å².